The highest BCUT2D eigenvalue weighted by Gasteiger charge is 1.89. The number of aromatic nitrogens is 2. The van der Waals surface area contributed by atoms with E-state index in [0.29, 0.717) is 0 Å². The maximum absolute atomic E-state index is 9.93. The fourth-order valence-electron chi connectivity index (χ4n) is 0.253. The molecule has 0 spiro atoms. The van der Waals surface area contributed by atoms with Gasteiger partial charge in [-0.25, -0.2) is 9.97 Å². The highest BCUT2D eigenvalue weighted by molar-refractivity contribution is 7.96. The third kappa shape index (κ3) is 36.4. The van der Waals surface area contributed by atoms with Crippen LogP contribution in [0.15, 0.2) is 24.8 Å². The lowest BCUT2D eigenvalue weighted by Gasteiger charge is -2.01. The normalized spacial score (nSPS) is 6.67. The van der Waals surface area contributed by atoms with E-state index in [2.05, 4.69) is 41.0 Å². The number of amides is 2. The molecule has 2 amide bonds. The van der Waals surface area contributed by atoms with Gasteiger partial charge in [0.25, 0.3) is 10.5 Å². The lowest BCUT2D eigenvalue weighted by molar-refractivity contribution is 0.241. The molecule has 2 N–H and O–H groups in total. The second-order valence-electron chi connectivity index (χ2n) is 2.42. The Balaban J connectivity index is -0.0000000792. The van der Waals surface area contributed by atoms with Gasteiger partial charge in [-0.2, -0.15) is 0 Å². The Morgan fingerprint density at radius 3 is 1.44 bits per heavy atom. The first kappa shape index (κ1) is 25.5. The van der Waals surface area contributed by atoms with Gasteiger partial charge in [-0.15, -0.1) is 0 Å². The van der Waals surface area contributed by atoms with Gasteiger partial charge >= 0.3 is 0 Å². The molecular formula is C10H22N4O2S2. The van der Waals surface area contributed by atoms with Gasteiger partial charge in [0.2, 0.25) is 0 Å². The summed E-state index contributed by atoms with van der Waals surface area (Å²) in [6.45, 7) is 0. The lowest BCUT2D eigenvalue weighted by Crippen LogP contribution is -2.13. The predicted octanol–water partition coefficient (Wildman–Crippen LogP) is 2.34. The van der Waals surface area contributed by atoms with Crippen molar-refractivity contribution in [3.8, 4) is 0 Å². The smallest absolute Gasteiger partial charge is 0.278 e. The number of hydrogen-bond donors (Lipinski definition) is 3. The Morgan fingerprint density at radius 2 is 1.39 bits per heavy atom. The summed E-state index contributed by atoms with van der Waals surface area (Å²) in [7, 11) is 3.30. The lowest BCUT2D eigenvalue weighted by atomic mass is 10.7. The van der Waals surface area contributed by atoms with E-state index < -0.39 is 5.24 Å². The first-order valence-electron chi connectivity index (χ1n) is 3.96. The first-order valence-corrected chi connectivity index (χ1v) is 4.86. The molecule has 18 heavy (non-hydrogen) atoms. The summed E-state index contributed by atoms with van der Waals surface area (Å²) in [5, 5.41) is -0.852. The Labute approximate surface area is 120 Å². The molecule has 0 radical (unpaired) electrons. The molecule has 0 saturated heterocycles. The Morgan fingerprint density at radius 1 is 1.11 bits per heavy atom. The first-order chi connectivity index (χ1) is 7.37. The Bertz CT molecular complexity index is 266. The molecule has 0 aromatic carbocycles. The predicted molar refractivity (Wildman–Crippen MR) is 82.1 cm³/mol. The van der Waals surface area contributed by atoms with Crippen molar-refractivity contribution in [1.82, 2.24) is 14.9 Å². The van der Waals surface area contributed by atoms with Crippen LogP contribution in [0.25, 0.3) is 0 Å². The van der Waals surface area contributed by atoms with Crippen molar-refractivity contribution < 1.29 is 9.59 Å². The zero-order valence-corrected chi connectivity index (χ0v) is 10.7. The quantitative estimate of drug-likeness (QED) is 0.641. The van der Waals surface area contributed by atoms with Gasteiger partial charge in [0.1, 0.15) is 6.33 Å². The van der Waals surface area contributed by atoms with Gasteiger partial charge in [-0.05, 0) is 6.07 Å². The molecular weight excluding hydrogens is 272 g/mol. The zero-order chi connectivity index (χ0) is 13.0. The van der Waals surface area contributed by atoms with Crippen molar-refractivity contribution in [3.63, 3.8) is 0 Å². The number of thiol groups is 2. The van der Waals surface area contributed by atoms with Crippen LogP contribution >= 0.6 is 25.3 Å². The molecule has 0 fully saturated rings. The van der Waals surface area contributed by atoms with E-state index in [4.69, 9.17) is 4.79 Å². The molecule has 1 rings (SSSR count). The van der Waals surface area contributed by atoms with E-state index in [1.54, 1.807) is 32.6 Å². The summed E-state index contributed by atoms with van der Waals surface area (Å²) >= 11 is 6.58. The van der Waals surface area contributed by atoms with Gasteiger partial charge < -0.3 is 10.6 Å². The average molecular weight is 294 g/mol. The fraction of sp³-hybridized carbons (Fsp3) is 0.400. The summed E-state index contributed by atoms with van der Waals surface area (Å²) in [4.78, 5) is 27.8. The molecule has 6 nitrogen and oxygen atoms in total. The van der Waals surface area contributed by atoms with Crippen LogP contribution in [0, 0.1) is 0 Å². The number of primary amides is 1. The third-order valence-corrected chi connectivity index (χ3v) is 1.26. The van der Waals surface area contributed by atoms with E-state index in [1.807, 2.05) is 0 Å². The number of nitrogens with zero attached hydrogens (tertiary/aromatic N) is 3. The van der Waals surface area contributed by atoms with Crippen LogP contribution in [-0.2, 0) is 0 Å². The third-order valence-electron chi connectivity index (χ3n) is 0.860. The summed E-state index contributed by atoms with van der Waals surface area (Å²) in [6.07, 6.45) is 4.88. The highest BCUT2D eigenvalue weighted by atomic mass is 32.1. The second kappa shape index (κ2) is 18.1. The highest BCUT2D eigenvalue weighted by Crippen LogP contribution is 1.82. The van der Waals surface area contributed by atoms with Gasteiger partial charge in [0.15, 0.2) is 0 Å². The molecule has 0 aliphatic carbocycles. The van der Waals surface area contributed by atoms with Crippen LogP contribution in [-0.4, -0.2) is 39.4 Å². The Kier molecular flexibility index (Phi) is 25.7. The minimum atomic E-state index is -0.639. The molecule has 1 heterocycles. The Hall–Kier alpha value is -1.28. The minimum Gasteiger partial charge on any atom is -0.361 e. The van der Waals surface area contributed by atoms with Gasteiger partial charge in [-0.3, -0.25) is 9.59 Å². The van der Waals surface area contributed by atoms with Gasteiger partial charge in [-0.1, -0.05) is 40.1 Å². The summed E-state index contributed by atoms with van der Waals surface area (Å²) in [5.74, 6) is 0. The number of nitrogens with two attached hydrogens (primary N) is 1. The van der Waals surface area contributed by atoms with Gasteiger partial charge in [0.05, 0.1) is 0 Å². The molecule has 1 aromatic heterocycles. The SMILES string of the molecule is C.C.CN(C)C(=O)S.NC(=O)S.c1cncnc1. The largest absolute Gasteiger partial charge is 0.361 e. The van der Waals surface area contributed by atoms with Gasteiger partial charge in [0, 0.05) is 26.5 Å². The summed E-state index contributed by atoms with van der Waals surface area (Å²) in [6, 6.07) is 1.78. The van der Waals surface area contributed by atoms with Crippen molar-refractivity contribution >= 4 is 35.7 Å². The zero-order valence-electron chi connectivity index (χ0n) is 8.94. The summed E-state index contributed by atoms with van der Waals surface area (Å²) < 4.78 is 0. The van der Waals surface area contributed by atoms with Crippen LogP contribution < -0.4 is 5.73 Å². The number of rotatable bonds is 0. The molecule has 8 heteroatoms. The monoisotopic (exact) mass is 294 g/mol. The van der Waals surface area contributed by atoms with Crippen molar-refractivity contribution in [2.75, 3.05) is 14.1 Å². The molecule has 0 atom stereocenters. The van der Waals surface area contributed by atoms with Crippen molar-refractivity contribution in [1.29, 1.82) is 0 Å². The van der Waals surface area contributed by atoms with Crippen LogP contribution in [0.5, 0.6) is 0 Å². The summed E-state index contributed by atoms with van der Waals surface area (Å²) in [5.41, 5.74) is 4.34. The van der Waals surface area contributed by atoms with Crippen molar-refractivity contribution in [3.05, 3.63) is 24.8 Å². The maximum Gasteiger partial charge on any atom is 0.278 e. The number of carbonyl (C=O) groups is 2. The van der Waals surface area contributed by atoms with E-state index >= 15 is 0 Å². The number of carbonyl (C=O) groups excluding carboxylic acids is 2. The van der Waals surface area contributed by atoms with Crippen LogP contribution in [0.4, 0.5) is 9.59 Å². The van der Waals surface area contributed by atoms with E-state index in [9.17, 15) is 4.79 Å². The van der Waals surface area contributed by atoms with E-state index in [-0.39, 0.29) is 20.1 Å². The van der Waals surface area contributed by atoms with E-state index in [1.165, 1.54) is 11.2 Å². The second-order valence-corrected chi connectivity index (χ2v) is 3.24. The molecule has 0 saturated carbocycles. The van der Waals surface area contributed by atoms with Crippen molar-refractivity contribution in [2.45, 2.75) is 14.9 Å². The molecule has 0 aliphatic heterocycles. The van der Waals surface area contributed by atoms with Crippen LogP contribution in [0.2, 0.25) is 0 Å². The van der Waals surface area contributed by atoms with Crippen molar-refractivity contribution in [2.24, 2.45) is 5.73 Å². The topological polar surface area (TPSA) is 89.2 Å². The molecule has 106 valence electrons. The average Bonchev–Trinajstić information content (AvgIpc) is 2.20. The minimum absolute atomic E-state index is 0. The standard InChI is InChI=1S/C4H4N2.C3H7NOS.CH3NOS.2CH4/c1-2-5-4-6-3-1;1-4(2)3(5)6;2-1(3)4;;/h1-4H;1-2H3,(H,5,6);(H3,2,3,4);2*1H4. The van der Waals surface area contributed by atoms with Crippen LogP contribution in [0.1, 0.15) is 14.9 Å². The van der Waals surface area contributed by atoms with Crippen LogP contribution in [0.3, 0.4) is 0 Å². The van der Waals surface area contributed by atoms with E-state index in [0.717, 1.165) is 0 Å². The molecule has 1 aromatic rings. The number of hydrogen-bond acceptors (Lipinski definition) is 4. The molecule has 0 unspecified atom stereocenters. The molecule has 0 bridgehead atoms. The molecule has 0 aliphatic rings. The fourth-order valence-corrected chi connectivity index (χ4v) is 0.253. The maximum atomic E-state index is 9.93.